The molecular weight excluding hydrogens is 398 g/mol. The van der Waals surface area contributed by atoms with Crippen molar-refractivity contribution in [2.24, 2.45) is 17.0 Å². The van der Waals surface area contributed by atoms with Gasteiger partial charge in [0.25, 0.3) is 5.90 Å². The van der Waals surface area contributed by atoms with Crippen LogP contribution in [0.2, 0.25) is 0 Å². The van der Waals surface area contributed by atoms with Gasteiger partial charge in [-0.05, 0) is 18.2 Å². The van der Waals surface area contributed by atoms with Crippen LogP contribution >= 0.6 is 0 Å². The van der Waals surface area contributed by atoms with Crippen molar-refractivity contribution in [2.45, 2.75) is 18.3 Å². The van der Waals surface area contributed by atoms with Crippen LogP contribution in [0.1, 0.15) is 6.23 Å². The summed E-state index contributed by atoms with van der Waals surface area (Å²) in [6, 6.07) is 7.24. The summed E-state index contributed by atoms with van der Waals surface area (Å²) in [6.45, 7) is 3.84. The highest BCUT2D eigenvalue weighted by Crippen LogP contribution is 2.21. The van der Waals surface area contributed by atoms with Gasteiger partial charge in [0.15, 0.2) is 0 Å². The van der Waals surface area contributed by atoms with Gasteiger partial charge in [-0.1, -0.05) is 12.1 Å². The fourth-order valence-corrected chi connectivity index (χ4v) is 4.37. The van der Waals surface area contributed by atoms with E-state index in [9.17, 15) is 9.59 Å². The molecule has 0 bridgehead atoms. The van der Waals surface area contributed by atoms with Crippen LogP contribution in [0.15, 0.2) is 51.3 Å². The lowest BCUT2D eigenvalue weighted by Crippen LogP contribution is -2.57. The number of fused-ring (bicyclic) bond motifs is 1. The summed E-state index contributed by atoms with van der Waals surface area (Å²) < 4.78 is 8.95. The van der Waals surface area contributed by atoms with Crippen molar-refractivity contribution in [3.63, 3.8) is 0 Å². The third-order valence-electron chi connectivity index (χ3n) is 5.97. The number of carbonyl (C=O) groups is 1. The third-order valence-corrected chi connectivity index (χ3v) is 5.97. The van der Waals surface area contributed by atoms with Gasteiger partial charge in [0, 0.05) is 45.6 Å². The second kappa shape index (κ2) is 8.12. The van der Waals surface area contributed by atoms with Gasteiger partial charge in [-0.3, -0.25) is 23.8 Å². The zero-order valence-electron chi connectivity index (χ0n) is 17.3. The lowest BCUT2D eigenvalue weighted by Gasteiger charge is -2.37. The number of imidazole rings is 1. The summed E-state index contributed by atoms with van der Waals surface area (Å²) in [6.07, 6.45) is 4.86. The summed E-state index contributed by atoms with van der Waals surface area (Å²) in [7, 11) is 1.72. The van der Waals surface area contributed by atoms with Gasteiger partial charge in [0.1, 0.15) is 0 Å². The molecule has 1 aromatic heterocycles. The molecule has 0 aliphatic carbocycles. The SMILES string of the molecule is Cn1c(=O)n(C2CN=C(C(=O)NC3C=NC=CC3N3CCNCC3)O2)c2ccccc21. The van der Waals surface area contributed by atoms with Crippen LogP contribution in [0.3, 0.4) is 0 Å². The summed E-state index contributed by atoms with van der Waals surface area (Å²) in [4.78, 5) is 36.4. The Hall–Kier alpha value is -3.24. The fraction of sp³-hybridized carbons (Fsp3) is 0.429. The van der Waals surface area contributed by atoms with Crippen LogP contribution in [0.5, 0.6) is 0 Å². The molecule has 1 fully saturated rings. The Morgan fingerprint density at radius 2 is 2.00 bits per heavy atom. The average Bonchev–Trinajstić information content (AvgIpc) is 3.38. The van der Waals surface area contributed by atoms with Crippen LogP contribution in [0.25, 0.3) is 11.0 Å². The van der Waals surface area contributed by atoms with Crippen molar-refractivity contribution in [3.05, 3.63) is 47.0 Å². The minimum absolute atomic E-state index is 0.00755. The fourth-order valence-electron chi connectivity index (χ4n) is 4.37. The number of piperazine rings is 1. The van der Waals surface area contributed by atoms with E-state index in [2.05, 4.69) is 25.5 Å². The number of aliphatic imine (C=N–C) groups is 2. The first kappa shape index (κ1) is 19.7. The Labute approximate surface area is 178 Å². The lowest BCUT2D eigenvalue weighted by atomic mass is 10.0. The molecule has 3 aliphatic rings. The van der Waals surface area contributed by atoms with Crippen LogP contribution in [0.4, 0.5) is 0 Å². The first-order valence-corrected chi connectivity index (χ1v) is 10.5. The van der Waals surface area contributed by atoms with E-state index in [4.69, 9.17) is 4.74 Å². The maximum Gasteiger partial charge on any atom is 0.331 e. The number of rotatable bonds is 4. The van der Waals surface area contributed by atoms with E-state index in [1.807, 2.05) is 30.3 Å². The van der Waals surface area contributed by atoms with Gasteiger partial charge >= 0.3 is 11.6 Å². The number of nitrogens with one attached hydrogen (secondary N) is 2. The van der Waals surface area contributed by atoms with Crippen LogP contribution in [-0.4, -0.2) is 76.9 Å². The van der Waals surface area contributed by atoms with Crippen molar-refractivity contribution in [1.29, 1.82) is 0 Å². The number of nitrogens with zero attached hydrogens (tertiary/aromatic N) is 5. The molecule has 10 heteroatoms. The minimum atomic E-state index is -0.650. The molecule has 1 aromatic carbocycles. The Kier molecular flexibility index (Phi) is 5.16. The molecule has 0 radical (unpaired) electrons. The average molecular weight is 423 g/mol. The molecule has 2 N–H and O–H groups in total. The molecule has 1 amide bonds. The zero-order chi connectivity index (χ0) is 21.4. The van der Waals surface area contributed by atoms with E-state index in [-0.39, 0.29) is 30.2 Å². The highest BCUT2D eigenvalue weighted by Gasteiger charge is 2.33. The number of hydrogen-bond acceptors (Lipinski definition) is 7. The summed E-state index contributed by atoms with van der Waals surface area (Å²) in [5.41, 5.74) is 1.35. The van der Waals surface area contributed by atoms with E-state index in [0.717, 1.165) is 37.2 Å². The van der Waals surface area contributed by atoms with Crippen molar-refractivity contribution in [3.8, 4) is 0 Å². The van der Waals surface area contributed by atoms with Gasteiger partial charge in [-0.2, -0.15) is 0 Å². The van der Waals surface area contributed by atoms with Crippen molar-refractivity contribution >= 4 is 29.1 Å². The quantitative estimate of drug-likeness (QED) is 0.698. The number of amides is 1. The molecular formula is C21H25N7O3. The van der Waals surface area contributed by atoms with E-state index in [1.165, 1.54) is 0 Å². The van der Waals surface area contributed by atoms with Crippen molar-refractivity contribution in [2.75, 3.05) is 32.7 Å². The maximum absolute atomic E-state index is 12.9. The first-order valence-electron chi connectivity index (χ1n) is 10.5. The number of para-hydroxylation sites is 2. The van der Waals surface area contributed by atoms with Crippen molar-refractivity contribution in [1.82, 2.24) is 24.7 Å². The predicted octanol–water partition coefficient (Wildman–Crippen LogP) is -0.376. The molecule has 3 atom stereocenters. The molecule has 10 nitrogen and oxygen atoms in total. The lowest BCUT2D eigenvalue weighted by molar-refractivity contribution is -0.117. The monoisotopic (exact) mass is 423 g/mol. The van der Waals surface area contributed by atoms with Gasteiger partial charge in [0.2, 0.25) is 6.23 Å². The van der Waals surface area contributed by atoms with Crippen LogP contribution in [-0.2, 0) is 16.6 Å². The Morgan fingerprint density at radius 3 is 2.81 bits per heavy atom. The van der Waals surface area contributed by atoms with Gasteiger partial charge in [0.05, 0.1) is 29.7 Å². The van der Waals surface area contributed by atoms with Crippen LogP contribution in [0, 0.1) is 0 Å². The van der Waals surface area contributed by atoms with Gasteiger partial charge < -0.3 is 15.4 Å². The molecule has 3 unspecified atom stereocenters. The summed E-state index contributed by atoms with van der Waals surface area (Å²) in [5, 5.41) is 6.33. The van der Waals surface area contributed by atoms with E-state index >= 15 is 0 Å². The maximum atomic E-state index is 12.9. The molecule has 5 rings (SSSR count). The number of benzene rings is 1. The Balaban J connectivity index is 1.30. The molecule has 3 aliphatic heterocycles. The molecule has 31 heavy (non-hydrogen) atoms. The van der Waals surface area contributed by atoms with Gasteiger partial charge in [-0.25, -0.2) is 9.79 Å². The smallest absolute Gasteiger partial charge is 0.331 e. The highest BCUT2D eigenvalue weighted by molar-refractivity contribution is 6.35. The van der Waals surface area contributed by atoms with Crippen LogP contribution < -0.4 is 16.3 Å². The number of aryl methyl sites for hydroxylation is 1. The van der Waals surface area contributed by atoms with E-state index < -0.39 is 12.1 Å². The van der Waals surface area contributed by atoms with E-state index in [0.29, 0.717) is 0 Å². The second-order valence-electron chi connectivity index (χ2n) is 7.83. The summed E-state index contributed by atoms with van der Waals surface area (Å²) >= 11 is 0. The highest BCUT2D eigenvalue weighted by atomic mass is 16.5. The largest absolute Gasteiger partial charge is 0.447 e. The number of carbonyl (C=O) groups excluding carboxylic acids is 1. The molecule has 4 heterocycles. The molecule has 0 saturated carbocycles. The minimum Gasteiger partial charge on any atom is -0.447 e. The van der Waals surface area contributed by atoms with Gasteiger partial charge in [-0.15, -0.1) is 0 Å². The zero-order valence-corrected chi connectivity index (χ0v) is 17.3. The molecule has 0 spiro atoms. The predicted molar refractivity (Wildman–Crippen MR) is 117 cm³/mol. The van der Waals surface area contributed by atoms with E-state index in [1.54, 1.807) is 28.6 Å². The third kappa shape index (κ3) is 3.57. The first-order chi connectivity index (χ1) is 15.1. The number of ether oxygens (including phenoxy) is 1. The Bertz CT molecular complexity index is 1140. The normalized spacial score (nSPS) is 26.1. The second-order valence-corrected chi connectivity index (χ2v) is 7.83. The number of aromatic nitrogens is 2. The number of hydrogen-bond donors (Lipinski definition) is 2. The standard InChI is InChI=1S/C21H25N7O3/c1-26-16-4-2-3-5-17(16)28(21(26)30)18-13-24-20(31-18)19(29)25-14-12-23-7-6-15(14)27-10-8-22-9-11-27/h2-7,12,14-15,18,22H,8-11,13H2,1H3,(H,25,29). The Morgan fingerprint density at radius 1 is 1.23 bits per heavy atom. The summed E-state index contributed by atoms with van der Waals surface area (Å²) in [5.74, 6) is -0.408. The molecule has 162 valence electrons. The molecule has 2 aromatic rings. The topological polar surface area (TPSA) is 105 Å². The molecule has 1 saturated heterocycles. The van der Waals surface area contributed by atoms with Crippen molar-refractivity contribution < 1.29 is 9.53 Å².